The zero-order chi connectivity index (χ0) is 47.6. The van der Waals surface area contributed by atoms with E-state index < -0.39 is 0 Å². The van der Waals surface area contributed by atoms with Crippen molar-refractivity contribution in [1.29, 1.82) is 0 Å². The van der Waals surface area contributed by atoms with E-state index in [1.54, 1.807) is 14.2 Å². The zero-order valence-corrected chi connectivity index (χ0v) is 42.4. The van der Waals surface area contributed by atoms with E-state index in [0.29, 0.717) is 0 Å². The highest BCUT2D eigenvalue weighted by Crippen LogP contribution is 2.14. The number of hydrogen-bond donors (Lipinski definition) is 0. The summed E-state index contributed by atoms with van der Waals surface area (Å²) in [6.07, 6.45) is 2.70. The number of nitrogens with zero attached hydrogens (tertiary/aromatic N) is 6. The number of hydrogen-bond acceptors (Lipinski definition) is 12. The van der Waals surface area contributed by atoms with Crippen molar-refractivity contribution in [3.05, 3.63) is 95.1 Å². The van der Waals surface area contributed by atoms with E-state index in [1.165, 1.54) is 42.6 Å². The van der Waals surface area contributed by atoms with Gasteiger partial charge < -0.3 is 43.1 Å². The van der Waals surface area contributed by atoms with Gasteiger partial charge in [-0.05, 0) is 103 Å². The first kappa shape index (κ1) is 56.7. The number of likely N-dealkylation sites (tertiary alicyclic amines) is 1. The molecule has 4 heterocycles. The number of carbonyl (C=O) groups is 1. The normalized spacial score (nSPS) is 17.0. The highest BCUT2D eigenvalue weighted by molar-refractivity contribution is 5.94. The Hall–Kier alpha value is -3.63. The van der Waals surface area contributed by atoms with Gasteiger partial charge in [-0.1, -0.05) is 66.9 Å². The average molecular weight is 921 g/mol. The van der Waals surface area contributed by atoms with Gasteiger partial charge in [0.2, 0.25) is 0 Å². The molecule has 4 aliphatic heterocycles. The lowest BCUT2D eigenvalue weighted by atomic mass is 10.1. The Kier molecular flexibility index (Phi) is 30.5. The number of benzene rings is 3. The molecule has 0 aliphatic carbocycles. The minimum absolute atomic E-state index is 0.160. The number of ether oxygens (including phenoxy) is 6. The minimum atomic E-state index is 0.160. The quantitative estimate of drug-likeness (QED) is 0.148. The predicted octanol–water partition coefficient (Wildman–Crippen LogP) is 6.50. The van der Waals surface area contributed by atoms with Gasteiger partial charge in [-0.3, -0.25) is 19.5 Å². The molecule has 0 unspecified atom stereocenters. The van der Waals surface area contributed by atoms with Gasteiger partial charge >= 0.3 is 0 Å². The fourth-order valence-electron chi connectivity index (χ4n) is 7.38. The van der Waals surface area contributed by atoms with E-state index in [-0.39, 0.29) is 5.91 Å². The molecule has 372 valence electrons. The van der Waals surface area contributed by atoms with Crippen molar-refractivity contribution < 1.29 is 33.2 Å². The van der Waals surface area contributed by atoms with Crippen LogP contribution in [-0.4, -0.2) is 214 Å². The minimum Gasteiger partial charge on any atom is -0.492 e. The average Bonchev–Trinajstić information content (AvgIpc) is 3.88. The standard InChI is InChI=1S/C13H18N2O.C13H19NO2.C13H19NO.C7H15NO2.C7H17NO/c1-11-3-5-12(6-4-11)13(16)15-9-7-14(2)8-10-15;1-12-2-4-13(5-3-12)16-11-8-14-6-9-15-10-7-14;1-12-4-6-13(7-5-12)15-11-10-14-8-2-3-9-14;1-9-5-2-8-3-6-10-7-4-8;1-4-8(5-2)6-7-9-3/h3-6H,7-10H2,1-2H3;2-5H,6-11H2,1H3;4-7H,2-3,8-11H2,1H3;2-7H2,1H3;4-7H2,1-3H3. The highest BCUT2D eigenvalue weighted by atomic mass is 16.5. The first-order chi connectivity index (χ1) is 32.1. The number of rotatable bonds is 17. The van der Waals surface area contributed by atoms with Crippen LogP contribution < -0.4 is 9.47 Å². The van der Waals surface area contributed by atoms with E-state index in [0.717, 1.165) is 162 Å². The summed E-state index contributed by atoms with van der Waals surface area (Å²) in [6.45, 7) is 33.9. The topological polar surface area (TPSA) is 91.9 Å². The molecule has 4 aliphatic rings. The molecule has 4 fully saturated rings. The van der Waals surface area contributed by atoms with Crippen LogP contribution in [0.3, 0.4) is 0 Å². The summed E-state index contributed by atoms with van der Waals surface area (Å²) < 4.78 is 31.8. The fraction of sp³-hybridized carbons (Fsp3) is 0.642. The summed E-state index contributed by atoms with van der Waals surface area (Å²) in [5.74, 6) is 2.10. The third kappa shape index (κ3) is 25.5. The van der Waals surface area contributed by atoms with Crippen molar-refractivity contribution in [3.63, 3.8) is 0 Å². The highest BCUT2D eigenvalue weighted by Gasteiger charge is 2.20. The first-order valence-electron chi connectivity index (χ1n) is 24.6. The van der Waals surface area contributed by atoms with E-state index >= 15 is 0 Å². The Balaban J connectivity index is 0.000000223. The van der Waals surface area contributed by atoms with Crippen LogP contribution in [0.15, 0.2) is 72.8 Å². The summed E-state index contributed by atoms with van der Waals surface area (Å²) in [7, 11) is 5.57. The summed E-state index contributed by atoms with van der Waals surface area (Å²) in [4.78, 5) is 25.8. The van der Waals surface area contributed by atoms with Crippen molar-refractivity contribution in [2.75, 3.05) is 179 Å². The molecule has 3 aromatic rings. The Labute approximate surface area is 400 Å². The Morgan fingerprint density at radius 3 is 1.33 bits per heavy atom. The van der Waals surface area contributed by atoms with Crippen LogP contribution in [0.5, 0.6) is 11.5 Å². The molecule has 0 aromatic heterocycles. The van der Waals surface area contributed by atoms with Crippen molar-refractivity contribution in [2.24, 2.45) is 0 Å². The van der Waals surface area contributed by atoms with Gasteiger partial charge in [-0.15, -0.1) is 0 Å². The second-order valence-corrected chi connectivity index (χ2v) is 17.3. The number of aryl methyl sites for hydroxylation is 3. The maximum absolute atomic E-state index is 12.1. The van der Waals surface area contributed by atoms with Crippen molar-refractivity contribution in [3.8, 4) is 11.5 Å². The van der Waals surface area contributed by atoms with Crippen LogP contribution in [0.25, 0.3) is 0 Å². The van der Waals surface area contributed by atoms with Gasteiger partial charge in [0.25, 0.3) is 5.91 Å². The second kappa shape index (κ2) is 35.5. The molecule has 13 nitrogen and oxygen atoms in total. The summed E-state index contributed by atoms with van der Waals surface area (Å²) in [5, 5.41) is 0. The maximum atomic E-state index is 12.1. The molecule has 0 atom stereocenters. The van der Waals surface area contributed by atoms with E-state index in [1.807, 2.05) is 60.4 Å². The van der Waals surface area contributed by atoms with E-state index in [2.05, 4.69) is 83.5 Å². The number of methoxy groups -OCH3 is 2. The van der Waals surface area contributed by atoms with Crippen LogP contribution in [0.4, 0.5) is 0 Å². The Bertz CT molecular complexity index is 1600. The number of piperazine rings is 1. The summed E-state index contributed by atoms with van der Waals surface area (Å²) in [6, 6.07) is 24.3. The summed E-state index contributed by atoms with van der Waals surface area (Å²) >= 11 is 0. The molecule has 1 amide bonds. The molecule has 7 rings (SSSR count). The van der Waals surface area contributed by atoms with Gasteiger partial charge in [0.1, 0.15) is 24.7 Å². The fourth-order valence-corrected chi connectivity index (χ4v) is 7.38. The number of amides is 1. The number of likely N-dealkylation sites (N-methyl/N-ethyl adjacent to an activating group) is 2. The lowest BCUT2D eigenvalue weighted by Gasteiger charge is -2.32. The van der Waals surface area contributed by atoms with Crippen LogP contribution in [-0.2, 0) is 18.9 Å². The third-order valence-corrected chi connectivity index (χ3v) is 12.0. The summed E-state index contributed by atoms with van der Waals surface area (Å²) in [5.41, 5.74) is 4.53. The molecule has 0 bridgehead atoms. The van der Waals surface area contributed by atoms with Gasteiger partial charge in [0, 0.05) is 98.3 Å². The van der Waals surface area contributed by atoms with Crippen molar-refractivity contribution in [2.45, 2.75) is 47.5 Å². The van der Waals surface area contributed by atoms with Crippen LogP contribution in [0.2, 0.25) is 0 Å². The largest absolute Gasteiger partial charge is 0.492 e. The Morgan fingerprint density at radius 1 is 0.530 bits per heavy atom. The SMILES string of the molecule is CCN(CC)CCOC.COCCN1CCOCC1.Cc1ccc(C(=O)N2CCN(C)CC2)cc1.Cc1ccc(OCCN2CCCC2)cc1.Cc1ccc(OCCN2CCOCC2)cc1. The number of carbonyl (C=O) groups excluding carboxylic acids is 1. The predicted molar refractivity (Wildman–Crippen MR) is 270 cm³/mol. The molecular weight excluding hydrogens is 833 g/mol. The smallest absolute Gasteiger partial charge is 0.253 e. The Morgan fingerprint density at radius 2 is 0.924 bits per heavy atom. The molecule has 0 radical (unpaired) electrons. The van der Waals surface area contributed by atoms with Gasteiger partial charge in [-0.2, -0.15) is 0 Å². The zero-order valence-electron chi connectivity index (χ0n) is 42.4. The van der Waals surface area contributed by atoms with Crippen molar-refractivity contribution >= 4 is 5.91 Å². The maximum Gasteiger partial charge on any atom is 0.253 e. The van der Waals surface area contributed by atoms with Gasteiger partial charge in [-0.25, -0.2) is 0 Å². The second-order valence-electron chi connectivity index (χ2n) is 17.3. The van der Waals surface area contributed by atoms with Gasteiger partial charge in [0.05, 0.1) is 39.6 Å². The van der Waals surface area contributed by atoms with Crippen LogP contribution in [0, 0.1) is 20.8 Å². The molecular formula is C53H88N6O7. The lowest BCUT2D eigenvalue weighted by Crippen LogP contribution is -2.47. The molecule has 0 N–H and O–H groups in total. The van der Waals surface area contributed by atoms with E-state index in [4.69, 9.17) is 28.4 Å². The molecule has 0 spiro atoms. The molecule has 3 aromatic carbocycles. The molecule has 66 heavy (non-hydrogen) atoms. The molecule has 13 heteroatoms. The van der Waals surface area contributed by atoms with Gasteiger partial charge in [0.15, 0.2) is 0 Å². The molecule has 0 saturated carbocycles. The molecule has 4 saturated heterocycles. The van der Waals surface area contributed by atoms with Crippen LogP contribution in [0.1, 0.15) is 53.7 Å². The lowest BCUT2D eigenvalue weighted by molar-refractivity contribution is 0.0263. The van der Waals surface area contributed by atoms with Crippen molar-refractivity contribution in [1.82, 2.24) is 29.4 Å². The monoisotopic (exact) mass is 921 g/mol. The van der Waals surface area contributed by atoms with Crippen LogP contribution >= 0.6 is 0 Å². The van der Waals surface area contributed by atoms with E-state index in [9.17, 15) is 4.79 Å². The third-order valence-electron chi connectivity index (χ3n) is 12.0. The number of morpholine rings is 2. The first-order valence-corrected chi connectivity index (χ1v) is 24.6.